The molecule has 0 radical (unpaired) electrons. The lowest BCUT2D eigenvalue weighted by atomic mass is 9.72. The Morgan fingerprint density at radius 1 is 1.38 bits per heavy atom. The van der Waals surface area contributed by atoms with Gasteiger partial charge in [-0.25, -0.2) is 4.79 Å². The molecule has 1 heterocycles. The van der Waals surface area contributed by atoms with Gasteiger partial charge in [0.15, 0.2) is 0 Å². The molecule has 6 nitrogen and oxygen atoms in total. The van der Waals surface area contributed by atoms with Gasteiger partial charge < -0.3 is 20.1 Å². The number of hydrogen-bond donors (Lipinski definition) is 3. The maximum atomic E-state index is 12.1. The predicted octanol–water partition coefficient (Wildman–Crippen LogP) is 1.56. The van der Waals surface area contributed by atoms with Crippen LogP contribution in [0.25, 0.3) is 0 Å². The highest BCUT2D eigenvalue weighted by atomic mass is 19.4. The summed E-state index contributed by atoms with van der Waals surface area (Å²) in [4.78, 5) is 22.8. The summed E-state index contributed by atoms with van der Waals surface area (Å²) in [5, 5.41) is 21.4. The molecule has 1 aromatic rings. The average molecular weight is 345 g/mol. The van der Waals surface area contributed by atoms with Gasteiger partial charge in [0.05, 0.1) is 11.5 Å². The Bertz CT molecular complexity index is 637. The summed E-state index contributed by atoms with van der Waals surface area (Å²) in [5.74, 6) is -2.68. The number of nitrogens with one attached hydrogen (secondary N) is 1. The molecule has 130 valence electrons. The number of hydrogen-bond acceptors (Lipinski definition) is 4. The highest BCUT2D eigenvalue weighted by Crippen LogP contribution is 2.30. The minimum absolute atomic E-state index is 0.0278. The second-order valence-corrected chi connectivity index (χ2v) is 5.45. The average Bonchev–Trinajstić information content (AvgIpc) is 2.46. The van der Waals surface area contributed by atoms with Crippen molar-refractivity contribution in [3.63, 3.8) is 0 Å². The summed E-state index contributed by atoms with van der Waals surface area (Å²) in [7, 11) is -1.48. The van der Waals surface area contributed by atoms with Crippen LogP contribution in [0.1, 0.15) is 35.2 Å². The summed E-state index contributed by atoms with van der Waals surface area (Å²) >= 11 is 0. The smallest absolute Gasteiger partial charge is 0.534 e. The number of carbonyl (C=O) groups is 2. The number of carboxylic acids is 1. The number of benzene rings is 1. The fourth-order valence-corrected chi connectivity index (χ4v) is 2.44. The first-order chi connectivity index (χ1) is 11.2. The minimum atomic E-state index is -4.32. The van der Waals surface area contributed by atoms with Crippen molar-refractivity contribution in [2.75, 3.05) is 0 Å². The van der Waals surface area contributed by atoms with Gasteiger partial charge in [-0.2, -0.15) is 13.2 Å². The van der Waals surface area contributed by atoms with E-state index in [1.54, 1.807) is 6.07 Å². The van der Waals surface area contributed by atoms with E-state index < -0.39 is 37.5 Å². The number of rotatable bonds is 5. The number of alkyl halides is 3. The number of carbonyl (C=O) groups excluding carboxylic acids is 1. The van der Waals surface area contributed by atoms with E-state index in [2.05, 4.69) is 5.32 Å². The zero-order chi connectivity index (χ0) is 17.9. The molecule has 0 spiro atoms. The fourth-order valence-electron chi connectivity index (χ4n) is 2.44. The zero-order valence-corrected chi connectivity index (χ0v) is 12.5. The predicted molar refractivity (Wildman–Crippen MR) is 77.5 cm³/mol. The second-order valence-electron chi connectivity index (χ2n) is 5.45. The van der Waals surface area contributed by atoms with E-state index in [1.807, 2.05) is 0 Å². The summed E-state index contributed by atoms with van der Waals surface area (Å²) < 4.78 is 41.3. The monoisotopic (exact) mass is 345 g/mol. The van der Waals surface area contributed by atoms with Crippen molar-refractivity contribution in [1.29, 1.82) is 0 Å². The molecule has 0 saturated heterocycles. The topological polar surface area (TPSA) is 95.9 Å². The zero-order valence-electron chi connectivity index (χ0n) is 12.5. The number of carboxylic acid groups (broad SMARTS) is 1. The van der Waals surface area contributed by atoms with Gasteiger partial charge in [-0.1, -0.05) is 12.1 Å². The molecule has 1 aliphatic heterocycles. The quantitative estimate of drug-likeness (QED) is 0.704. The van der Waals surface area contributed by atoms with E-state index in [9.17, 15) is 27.8 Å². The van der Waals surface area contributed by atoms with Crippen molar-refractivity contribution in [3.05, 3.63) is 29.3 Å². The summed E-state index contributed by atoms with van der Waals surface area (Å²) in [6.07, 6.45) is -5.94. The third-order valence-corrected chi connectivity index (χ3v) is 3.56. The highest BCUT2D eigenvalue weighted by molar-refractivity contribution is 6.47. The third-order valence-electron chi connectivity index (χ3n) is 3.56. The number of halogens is 3. The summed E-state index contributed by atoms with van der Waals surface area (Å²) in [6.45, 7) is 0. The molecule has 0 saturated carbocycles. The van der Waals surface area contributed by atoms with Crippen LogP contribution < -0.4 is 9.97 Å². The molecule has 1 aromatic carbocycles. The summed E-state index contributed by atoms with van der Waals surface area (Å²) in [5.41, 5.74) is 0.377. The van der Waals surface area contributed by atoms with Crippen LogP contribution >= 0.6 is 0 Å². The van der Waals surface area contributed by atoms with Crippen molar-refractivity contribution in [2.24, 2.45) is 0 Å². The lowest BCUT2D eigenvalue weighted by Gasteiger charge is -2.28. The van der Waals surface area contributed by atoms with E-state index in [0.717, 1.165) is 0 Å². The van der Waals surface area contributed by atoms with Crippen LogP contribution in [0.3, 0.4) is 0 Å². The number of amides is 1. The van der Waals surface area contributed by atoms with Crippen LogP contribution in [-0.2, 0) is 11.2 Å². The Kier molecular flexibility index (Phi) is 5.38. The van der Waals surface area contributed by atoms with Gasteiger partial charge in [0.2, 0.25) is 5.91 Å². The number of fused-ring (bicyclic) bond motifs is 1. The molecular weight excluding hydrogens is 330 g/mol. The molecule has 2 rings (SSSR count). The molecular formula is C14H15BF3NO5. The number of aromatic carboxylic acids is 1. The Labute approximate surface area is 135 Å². The van der Waals surface area contributed by atoms with Gasteiger partial charge in [-0.15, -0.1) is 0 Å². The van der Waals surface area contributed by atoms with Crippen molar-refractivity contribution < 1.29 is 37.5 Å². The lowest BCUT2D eigenvalue weighted by Crippen LogP contribution is -2.53. The highest BCUT2D eigenvalue weighted by Gasteiger charge is 2.37. The molecule has 1 aliphatic rings. The van der Waals surface area contributed by atoms with Crippen LogP contribution in [0, 0.1) is 0 Å². The Morgan fingerprint density at radius 3 is 2.71 bits per heavy atom. The first kappa shape index (κ1) is 18.1. The Balaban J connectivity index is 1.98. The Hall–Kier alpha value is -2.23. The van der Waals surface area contributed by atoms with E-state index in [4.69, 9.17) is 9.76 Å². The van der Waals surface area contributed by atoms with Crippen LogP contribution in [0.4, 0.5) is 13.2 Å². The van der Waals surface area contributed by atoms with Crippen molar-refractivity contribution in [3.8, 4) is 5.75 Å². The minimum Gasteiger partial charge on any atom is -0.534 e. The molecule has 1 atom stereocenters. The lowest BCUT2D eigenvalue weighted by molar-refractivity contribution is -0.137. The molecule has 24 heavy (non-hydrogen) atoms. The van der Waals surface area contributed by atoms with Crippen LogP contribution in [-0.4, -0.2) is 41.2 Å². The molecule has 0 aliphatic carbocycles. The molecule has 0 fully saturated rings. The van der Waals surface area contributed by atoms with Crippen molar-refractivity contribution >= 4 is 19.0 Å². The van der Waals surface area contributed by atoms with E-state index in [1.165, 1.54) is 12.1 Å². The molecule has 1 unspecified atom stereocenters. The van der Waals surface area contributed by atoms with Gasteiger partial charge in [0, 0.05) is 12.8 Å². The molecule has 0 aromatic heterocycles. The van der Waals surface area contributed by atoms with Gasteiger partial charge in [-0.05, 0) is 24.5 Å². The maximum Gasteiger partial charge on any atom is 0.547 e. The SMILES string of the molecule is O=C(CCCC(F)(F)F)NC1Cc2cccc(C(=O)O)c2OB1O. The van der Waals surface area contributed by atoms with E-state index >= 15 is 0 Å². The van der Waals surface area contributed by atoms with Gasteiger partial charge in [0.1, 0.15) is 5.75 Å². The largest absolute Gasteiger partial charge is 0.547 e. The van der Waals surface area contributed by atoms with Crippen molar-refractivity contribution in [1.82, 2.24) is 5.32 Å². The van der Waals surface area contributed by atoms with Crippen molar-refractivity contribution in [2.45, 2.75) is 37.8 Å². The fraction of sp³-hybridized carbons (Fsp3) is 0.429. The molecule has 1 amide bonds. The van der Waals surface area contributed by atoms with Gasteiger partial charge >= 0.3 is 19.3 Å². The molecule has 0 bridgehead atoms. The van der Waals surface area contributed by atoms with Gasteiger partial charge in [-0.3, -0.25) is 4.79 Å². The molecule has 10 heteroatoms. The van der Waals surface area contributed by atoms with Crippen LogP contribution in [0.5, 0.6) is 5.75 Å². The van der Waals surface area contributed by atoms with E-state index in [-0.39, 0.29) is 30.6 Å². The van der Waals surface area contributed by atoms with Crippen LogP contribution in [0.2, 0.25) is 0 Å². The summed E-state index contributed by atoms with van der Waals surface area (Å²) in [6, 6.07) is 4.42. The third kappa shape index (κ3) is 4.64. The molecule has 3 N–H and O–H groups in total. The first-order valence-electron chi connectivity index (χ1n) is 7.23. The standard InChI is InChI=1S/C14H15BF3NO5/c16-14(17,18)6-2-5-11(20)19-10-7-8-3-1-4-9(13(21)22)12(8)24-15(10)23/h1,3-4,10,23H,2,5-7H2,(H,19,20)(H,21,22). The number of para-hydroxylation sites is 1. The van der Waals surface area contributed by atoms with Crippen LogP contribution in [0.15, 0.2) is 18.2 Å². The second kappa shape index (κ2) is 7.12. The van der Waals surface area contributed by atoms with Gasteiger partial charge in [0.25, 0.3) is 0 Å². The van der Waals surface area contributed by atoms with E-state index in [0.29, 0.717) is 5.56 Å². The Morgan fingerprint density at radius 2 is 2.08 bits per heavy atom. The first-order valence-corrected chi connectivity index (χ1v) is 7.23. The maximum absolute atomic E-state index is 12.1. The normalized spacial score (nSPS) is 17.0.